The van der Waals surface area contributed by atoms with Gasteiger partial charge in [0, 0.05) is 12.4 Å². The maximum atomic E-state index is 12.9. The second-order valence-corrected chi connectivity index (χ2v) is 5.20. The van der Waals surface area contributed by atoms with Gasteiger partial charge >= 0.3 is 0 Å². The number of carbonyl (C=O) groups excluding carboxylic acids is 1. The van der Waals surface area contributed by atoms with Gasteiger partial charge in [0.1, 0.15) is 5.82 Å². The molecule has 19 heavy (non-hydrogen) atoms. The fraction of sp³-hybridized carbons (Fsp3) is 0.167. The Morgan fingerprint density at radius 1 is 1.58 bits per heavy atom. The Labute approximate surface area is 113 Å². The molecule has 0 aliphatic carbocycles. The number of nitrogens with two attached hydrogens (primary N) is 1. The van der Waals surface area contributed by atoms with Crippen LogP contribution >= 0.6 is 11.8 Å². The SMILES string of the molecule is CC(Sc1ncc[nH]1)C(=O)Nc1ccc(F)cc1N. The lowest BCUT2D eigenvalue weighted by Gasteiger charge is -2.12. The van der Waals surface area contributed by atoms with E-state index in [2.05, 4.69) is 15.3 Å². The number of hydrogen-bond acceptors (Lipinski definition) is 4. The van der Waals surface area contributed by atoms with E-state index in [9.17, 15) is 9.18 Å². The first kappa shape index (κ1) is 13.4. The highest BCUT2D eigenvalue weighted by Gasteiger charge is 2.16. The van der Waals surface area contributed by atoms with E-state index in [1.807, 2.05) is 0 Å². The van der Waals surface area contributed by atoms with Crippen molar-refractivity contribution in [3.63, 3.8) is 0 Å². The Morgan fingerprint density at radius 3 is 3.00 bits per heavy atom. The number of halogens is 1. The molecule has 0 bridgehead atoms. The van der Waals surface area contributed by atoms with E-state index < -0.39 is 5.82 Å². The van der Waals surface area contributed by atoms with E-state index >= 15 is 0 Å². The Balaban J connectivity index is 2.00. The van der Waals surface area contributed by atoms with Crippen molar-refractivity contribution < 1.29 is 9.18 Å². The van der Waals surface area contributed by atoms with Gasteiger partial charge in [-0.15, -0.1) is 0 Å². The van der Waals surface area contributed by atoms with Gasteiger partial charge in [-0.2, -0.15) is 0 Å². The van der Waals surface area contributed by atoms with Crippen LogP contribution in [0.1, 0.15) is 6.92 Å². The van der Waals surface area contributed by atoms with E-state index in [4.69, 9.17) is 5.73 Å². The van der Waals surface area contributed by atoms with E-state index in [1.54, 1.807) is 19.3 Å². The van der Waals surface area contributed by atoms with Crippen LogP contribution in [0.2, 0.25) is 0 Å². The lowest BCUT2D eigenvalue weighted by Crippen LogP contribution is -2.23. The predicted molar refractivity (Wildman–Crippen MR) is 73.3 cm³/mol. The minimum absolute atomic E-state index is 0.198. The molecule has 1 heterocycles. The third kappa shape index (κ3) is 3.47. The van der Waals surface area contributed by atoms with Crippen LogP contribution in [0.25, 0.3) is 0 Å². The molecule has 1 aromatic carbocycles. The minimum Gasteiger partial charge on any atom is -0.397 e. The van der Waals surface area contributed by atoms with Gasteiger partial charge in [0.15, 0.2) is 5.16 Å². The number of H-pyrrole nitrogens is 1. The number of hydrogen-bond donors (Lipinski definition) is 3. The van der Waals surface area contributed by atoms with Gasteiger partial charge in [0.05, 0.1) is 16.6 Å². The van der Waals surface area contributed by atoms with E-state index in [1.165, 1.54) is 30.0 Å². The summed E-state index contributed by atoms with van der Waals surface area (Å²) in [5.74, 6) is -0.659. The average molecular weight is 280 g/mol. The average Bonchev–Trinajstić information content (AvgIpc) is 2.85. The number of nitrogens with zero attached hydrogens (tertiary/aromatic N) is 1. The molecule has 2 rings (SSSR count). The molecule has 4 N–H and O–H groups in total. The molecule has 2 aromatic rings. The summed E-state index contributed by atoms with van der Waals surface area (Å²) in [6.45, 7) is 1.75. The number of aromatic nitrogens is 2. The summed E-state index contributed by atoms with van der Waals surface area (Å²) in [5.41, 5.74) is 6.22. The zero-order valence-electron chi connectivity index (χ0n) is 10.2. The van der Waals surface area contributed by atoms with E-state index in [0.29, 0.717) is 10.8 Å². The maximum absolute atomic E-state index is 12.9. The number of nitrogens with one attached hydrogen (secondary N) is 2. The number of anilines is 2. The van der Waals surface area contributed by atoms with Crippen LogP contribution in [0, 0.1) is 5.82 Å². The van der Waals surface area contributed by atoms with Crippen LogP contribution in [0.3, 0.4) is 0 Å². The zero-order valence-corrected chi connectivity index (χ0v) is 11.0. The van der Waals surface area contributed by atoms with Crippen LogP contribution in [-0.4, -0.2) is 21.1 Å². The smallest absolute Gasteiger partial charge is 0.237 e. The summed E-state index contributed by atoms with van der Waals surface area (Å²) in [6, 6.07) is 3.85. The quantitative estimate of drug-likeness (QED) is 0.592. The molecule has 0 radical (unpaired) electrons. The lowest BCUT2D eigenvalue weighted by molar-refractivity contribution is -0.115. The second-order valence-electron chi connectivity index (χ2n) is 3.88. The lowest BCUT2D eigenvalue weighted by atomic mass is 10.2. The summed E-state index contributed by atoms with van der Waals surface area (Å²) < 4.78 is 12.9. The molecule has 0 aliphatic rings. The third-order valence-corrected chi connectivity index (χ3v) is 3.42. The monoisotopic (exact) mass is 280 g/mol. The molecule has 0 spiro atoms. The molecule has 1 aromatic heterocycles. The molecule has 1 amide bonds. The maximum Gasteiger partial charge on any atom is 0.237 e. The van der Waals surface area contributed by atoms with Crippen molar-refractivity contribution in [2.45, 2.75) is 17.3 Å². The highest BCUT2D eigenvalue weighted by Crippen LogP contribution is 2.23. The van der Waals surface area contributed by atoms with Crippen LogP contribution in [0.4, 0.5) is 15.8 Å². The molecule has 5 nitrogen and oxygen atoms in total. The topological polar surface area (TPSA) is 83.8 Å². The van der Waals surface area contributed by atoms with Crippen molar-refractivity contribution >= 4 is 29.0 Å². The number of carbonyl (C=O) groups is 1. The first-order valence-electron chi connectivity index (χ1n) is 5.58. The molecule has 0 saturated carbocycles. The summed E-state index contributed by atoms with van der Waals surface area (Å²) in [7, 11) is 0. The van der Waals surface area contributed by atoms with Crippen molar-refractivity contribution in [2.24, 2.45) is 0 Å². The Bertz CT molecular complexity index is 573. The van der Waals surface area contributed by atoms with Crippen molar-refractivity contribution in [1.29, 1.82) is 0 Å². The Hall–Kier alpha value is -2.02. The fourth-order valence-electron chi connectivity index (χ4n) is 1.42. The van der Waals surface area contributed by atoms with Crippen molar-refractivity contribution in [2.75, 3.05) is 11.1 Å². The van der Waals surface area contributed by atoms with Crippen LogP contribution in [-0.2, 0) is 4.79 Å². The molecule has 0 saturated heterocycles. The first-order chi connectivity index (χ1) is 9.06. The summed E-state index contributed by atoms with van der Waals surface area (Å²) in [4.78, 5) is 18.9. The summed E-state index contributed by atoms with van der Waals surface area (Å²) in [6.07, 6.45) is 3.30. The van der Waals surface area contributed by atoms with Crippen LogP contribution < -0.4 is 11.1 Å². The van der Waals surface area contributed by atoms with Gasteiger partial charge in [-0.1, -0.05) is 11.8 Å². The summed E-state index contributed by atoms with van der Waals surface area (Å²) >= 11 is 1.29. The van der Waals surface area contributed by atoms with Gasteiger partial charge in [-0.25, -0.2) is 9.37 Å². The Kier molecular flexibility index (Phi) is 4.06. The summed E-state index contributed by atoms with van der Waals surface area (Å²) in [5, 5.41) is 2.97. The van der Waals surface area contributed by atoms with Crippen molar-refractivity contribution in [3.05, 3.63) is 36.4 Å². The van der Waals surface area contributed by atoms with Gasteiger partial charge in [-0.3, -0.25) is 4.79 Å². The number of nitrogen functional groups attached to an aromatic ring is 1. The Morgan fingerprint density at radius 2 is 2.37 bits per heavy atom. The van der Waals surface area contributed by atoms with Gasteiger partial charge in [0.25, 0.3) is 0 Å². The zero-order chi connectivity index (χ0) is 13.8. The second kappa shape index (κ2) is 5.75. The van der Waals surface area contributed by atoms with Crippen LogP contribution in [0.15, 0.2) is 35.7 Å². The number of thioether (sulfide) groups is 1. The molecule has 0 fully saturated rings. The minimum atomic E-state index is -0.437. The molecule has 1 unspecified atom stereocenters. The molecular weight excluding hydrogens is 267 g/mol. The first-order valence-corrected chi connectivity index (χ1v) is 6.46. The normalized spacial score (nSPS) is 12.1. The van der Waals surface area contributed by atoms with Crippen molar-refractivity contribution in [3.8, 4) is 0 Å². The van der Waals surface area contributed by atoms with Crippen LogP contribution in [0.5, 0.6) is 0 Å². The number of aromatic amines is 1. The van der Waals surface area contributed by atoms with Gasteiger partial charge in [-0.05, 0) is 25.1 Å². The molecule has 0 aliphatic heterocycles. The number of rotatable bonds is 4. The predicted octanol–water partition coefficient (Wildman–Crippen LogP) is 2.25. The standard InChI is InChI=1S/C12H13FN4OS/c1-7(19-12-15-4-5-16-12)11(18)17-10-3-2-8(13)6-9(10)14/h2-7H,14H2,1H3,(H,15,16)(H,17,18). The number of imidazole rings is 1. The largest absolute Gasteiger partial charge is 0.397 e. The third-order valence-electron chi connectivity index (χ3n) is 2.40. The molecule has 100 valence electrons. The molecule has 1 atom stereocenters. The van der Waals surface area contributed by atoms with Gasteiger partial charge in [0.2, 0.25) is 5.91 Å². The van der Waals surface area contributed by atoms with E-state index in [-0.39, 0.29) is 16.8 Å². The molecular formula is C12H13FN4OS. The fourth-order valence-corrected chi connectivity index (χ4v) is 2.18. The highest BCUT2D eigenvalue weighted by atomic mass is 32.2. The number of benzene rings is 1. The number of amides is 1. The molecule has 7 heteroatoms. The van der Waals surface area contributed by atoms with Crippen molar-refractivity contribution in [1.82, 2.24) is 9.97 Å². The highest BCUT2D eigenvalue weighted by molar-refractivity contribution is 8.00. The van der Waals surface area contributed by atoms with E-state index in [0.717, 1.165) is 0 Å². The van der Waals surface area contributed by atoms with Gasteiger partial charge < -0.3 is 16.0 Å².